The summed E-state index contributed by atoms with van der Waals surface area (Å²) < 4.78 is 16.1. The summed E-state index contributed by atoms with van der Waals surface area (Å²) in [5.74, 6) is 0.853. The van der Waals surface area contributed by atoms with Crippen molar-refractivity contribution in [2.75, 3.05) is 5.32 Å². The van der Waals surface area contributed by atoms with E-state index in [1.807, 2.05) is 31.7 Å². The predicted octanol–water partition coefficient (Wildman–Crippen LogP) is 3.50. The molecule has 118 valence electrons. The summed E-state index contributed by atoms with van der Waals surface area (Å²) in [6.07, 6.45) is 5.16. The van der Waals surface area contributed by atoms with Crippen LogP contribution in [0.15, 0.2) is 42.9 Å². The summed E-state index contributed by atoms with van der Waals surface area (Å²) in [5, 5.41) is 3.17. The zero-order valence-electron chi connectivity index (χ0n) is 13.3. The van der Waals surface area contributed by atoms with Gasteiger partial charge in [-0.2, -0.15) is 0 Å². The Morgan fingerprint density at radius 2 is 1.91 bits per heavy atom. The van der Waals surface area contributed by atoms with E-state index in [1.54, 1.807) is 30.6 Å². The average molecular weight is 311 g/mol. The first kappa shape index (κ1) is 15.1. The Bertz CT molecular complexity index is 825. The maximum absolute atomic E-state index is 14.2. The molecule has 0 saturated heterocycles. The lowest BCUT2D eigenvalue weighted by atomic mass is 10.0. The summed E-state index contributed by atoms with van der Waals surface area (Å²) in [7, 11) is 1.88. The number of anilines is 1. The Morgan fingerprint density at radius 3 is 2.57 bits per heavy atom. The highest BCUT2D eigenvalue weighted by Gasteiger charge is 2.17. The summed E-state index contributed by atoms with van der Waals surface area (Å²) in [6, 6.07) is 6.80. The third-order valence-corrected chi connectivity index (χ3v) is 3.40. The molecular formula is C17H18FN5. The number of aromatic nitrogens is 4. The van der Waals surface area contributed by atoms with Gasteiger partial charge in [-0.3, -0.25) is 0 Å². The van der Waals surface area contributed by atoms with E-state index >= 15 is 0 Å². The van der Waals surface area contributed by atoms with Gasteiger partial charge in [0.2, 0.25) is 5.95 Å². The van der Waals surface area contributed by atoms with Crippen LogP contribution in [0.25, 0.3) is 22.6 Å². The normalized spacial score (nSPS) is 11.0. The van der Waals surface area contributed by atoms with Crippen LogP contribution in [0, 0.1) is 5.82 Å². The number of hydrogen-bond donors (Lipinski definition) is 1. The topological polar surface area (TPSA) is 55.6 Å². The van der Waals surface area contributed by atoms with Crippen LogP contribution in [0.5, 0.6) is 0 Å². The molecule has 0 aliphatic carbocycles. The van der Waals surface area contributed by atoms with Gasteiger partial charge in [0.15, 0.2) is 5.82 Å². The molecular weight excluding hydrogens is 293 g/mol. The van der Waals surface area contributed by atoms with Gasteiger partial charge in [0.1, 0.15) is 11.5 Å². The van der Waals surface area contributed by atoms with Crippen molar-refractivity contribution in [1.29, 1.82) is 0 Å². The molecule has 2 aromatic heterocycles. The van der Waals surface area contributed by atoms with Crippen LogP contribution in [0.4, 0.5) is 10.3 Å². The lowest BCUT2D eigenvalue weighted by Gasteiger charge is -2.13. The summed E-state index contributed by atoms with van der Waals surface area (Å²) in [5.41, 5.74) is 1.68. The van der Waals surface area contributed by atoms with Gasteiger partial charge >= 0.3 is 0 Å². The number of imidazole rings is 1. The first-order valence-electron chi connectivity index (χ1n) is 7.42. The van der Waals surface area contributed by atoms with Crippen molar-refractivity contribution in [3.63, 3.8) is 0 Å². The number of rotatable bonds is 4. The Kier molecular flexibility index (Phi) is 4.06. The maximum atomic E-state index is 14.2. The van der Waals surface area contributed by atoms with Crippen LogP contribution < -0.4 is 5.32 Å². The van der Waals surface area contributed by atoms with Gasteiger partial charge in [0.25, 0.3) is 0 Å². The molecule has 0 unspecified atom stereocenters. The molecule has 5 nitrogen and oxygen atoms in total. The van der Waals surface area contributed by atoms with Gasteiger partial charge < -0.3 is 9.88 Å². The summed E-state index contributed by atoms with van der Waals surface area (Å²) in [6.45, 7) is 4.02. The molecule has 23 heavy (non-hydrogen) atoms. The van der Waals surface area contributed by atoms with Crippen LogP contribution in [0.3, 0.4) is 0 Å². The molecule has 2 heterocycles. The Labute approximate surface area is 134 Å². The molecule has 0 aliphatic heterocycles. The standard InChI is InChI=1S/C17H18FN5/c1-11(2)21-17-20-10-13(12-6-4-5-7-14(12)18)15(22-17)16-19-8-9-23(16)3/h4-11H,1-3H3,(H,20,21,22). The Hall–Kier alpha value is -2.76. The minimum absolute atomic E-state index is 0.198. The van der Waals surface area contributed by atoms with Gasteiger partial charge in [-0.1, -0.05) is 18.2 Å². The lowest BCUT2D eigenvalue weighted by molar-refractivity contribution is 0.631. The van der Waals surface area contributed by atoms with Crippen LogP contribution in [-0.2, 0) is 7.05 Å². The molecule has 3 rings (SSSR count). The highest BCUT2D eigenvalue weighted by Crippen LogP contribution is 2.31. The minimum Gasteiger partial charge on any atom is -0.352 e. The van der Waals surface area contributed by atoms with Crippen LogP contribution in [0.1, 0.15) is 13.8 Å². The van der Waals surface area contributed by atoms with Gasteiger partial charge in [-0.25, -0.2) is 19.3 Å². The number of hydrogen-bond acceptors (Lipinski definition) is 4. The van der Waals surface area contributed by atoms with E-state index in [9.17, 15) is 4.39 Å². The largest absolute Gasteiger partial charge is 0.352 e. The summed E-state index contributed by atoms with van der Waals surface area (Å²) >= 11 is 0. The molecule has 0 amide bonds. The van der Waals surface area contributed by atoms with Crippen molar-refractivity contribution >= 4 is 5.95 Å². The smallest absolute Gasteiger partial charge is 0.223 e. The molecule has 0 saturated carbocycles. The second-order valence-corrected chi connectivity index (χ2v) is 5.60. The average Bonchev–Trinajstić information content (AvgIpc) is 2.93. The fourth-order valence-electron chi connectivity index (χ4n) is 2.35. The molecule has 1 aromatic carbocycles. The lowest BCUT2D eigenvalue weighted by Crippen LogP contribution is -2.13. The fraction of sp³-hybridized carbons (Fsp3) is 0.235. The van der Waals surface area contributed by atoms with E-state index in [1.165, 1.54) is 6.07 Å². The number of nitrogens with zero attached hydrogens (tertiary/aromatic N) is 4. The SMILES string of the molecule is CC(C)Nc1ncc(-c2ccccc2F)c(-c2nccn2C)n1. The third-order valence-electron chi connectivity index (χ3n) is 3.40. The van der Waals surface area contributed by atoms with Crippen LogP contribution >= 0.6 is 0 Å². The molecule has 0 spiro atoms. The number of benzene rings is 1. The molecule has 3 aromatic rings. The monoisotopic (exact) mass is 311 g/mol. The Balaban J connectivity index is 2.20. The molecule has 1 N–H and O–H groups in total. The first-order valence-corrected chi connectivity index (χ1v) is 7.42. The van der Waals surface area contributed by atoms with Crippen molar-refractivity contribution in [2.24, 2.45) is 7.05 Å². The minimum atomic E-state index is -0.309. The maximum Gasteiger partial charge on any atom is 0.223 e. The van der Waals surface area contributed by atoms with Crippen molar-refractivity contribution in [2.45, 2.75) is 19.9 Å². The molecule has 0 fully saturated rings. The fourth-order valence-corrected chi connectivity index (χ4v) is 2.35. The van der Waals surface area contributed by atoms with E-state index in [4.69, 9.17) is 0 Å². The summed E-state index contributed by atoms with van der Waals surface area (Å²) in [4.78, 5) is 13.2. The number of halogens is 1. The number of nitrogens with one attached hydrogen (secondary N) is 1. The van der Waals surface area contributed by atoms with Gasteiger partial charge in [0.05, 0.1) is 0 Å². The highest BCUT2D eigenvalue weighted by molar-refractivity contribution is 5.78. The zero-order chi connectivity index (χ0) is 16.4. The first-order chi connectivity index (χ1) is 11.1. The quantitative estimate of drug-likeness (QED) is 0.801. The van der Waals surface area contributed by atoms with Gasteiger partial charge in [-0.05, 0) is 19.9 Å². The Morgan fingerprint density at radius 1 is 1.13 bits per heavy atom. The third kappa shape index (κ3) is 3.06. The molecule has 0 radical (unpaired) electrons. The van der Waals surface area contributed by atoms with E-state index in [-0.39, 0.29) is 11.9 Å². The van der Waals surface area contributed by atoms with E-state index in [2.05, 4.69) is 20.3 Å². The molecule has 6 heteroatoms. The second-order valence-electron chi connectivity index (χ2n) is 5.60. The molecule has 0 atom stereocenters. The zero-order valence-corrected chi connectivity index (χ0v) is 13.3. The van der Waals surface area contributed by atoms with Gasteiger partial charge in [-0.15, -0.1) is 0 Å². The van der Waals surface area contributed by atoms with Crippen molar-refractivity contribution in [3.8, 4) is 22.6 Å². The van der Waals surface area contributed by atoms with E-state index in [0.717, 1.165) is 0 Å². The van der Waals surface area contributed by atoms with E-state index in [0.29, 0.717) is 28.6 Å². The van der Waals surface area contributed by atoms with E-state index < -0.39 is 0 Å². The second kappa shape index (κ2) is 6.16. The van der Waals surface area contributed by atoms with Crippen molar-refractivity contribution in [1.82, 2.24) is 19.5 Å². The van der Waals surface area contributed by atoms with Gasteiger partial charge in [0, 0.05) is 42.8 Å². The molecule has 0 bridgehead atoms. The highest BCUT2D eigenvalue weighted by atomic mass is 19.1. The number of aryl methyl sites for hydroxylation is 1. The van der Waals surface area contributed by atoms with Crippen LogP contribution in [0.2, 0.25) is 0 Å². The van der Waals surface area contributed by atoms with Crippen molar-refractivity contribution in [3.05, 3.63) is 48.7 Å². The molecule has 0 aliphatic rings. The van der Waals surface area contributed by atoms with Crippen molar-refractivity contribution < 1.29 is 4.39 Å². The predicted molar refractivity (Wildman–Crippen MR) is 88.4 cm³/mol. The van der Waals surface area contributed by atoms with Crippen LogP contribution in [-0.4, -0.2) is 25.6 Å².